The van der Waals surface area contributed by atoms with E-state index in [1.165, 1.54) is 0 Å². The molecule has 2 N–H and O–H groups in total. The third-order valence-electron chi connectivity index (χ3n) is 4.90. The summed E-state index contributed by atoms with van der Waals surface area (Å²) < 4.78 is 37.5. The van der Waals surface area contributed by atoms with Gasteiger partial charge in [0, 0.05) is 12.6 Å². The zero-order valence-electron chi connectivity index (χ0n) is 16.4. The van der Waals surface area contributed by atoms with Crippen LogP contribution in [0.3, 0.4) is 0 Å². The van der Waals surface area contributed by atoms with Gasteiger partial charge in [0.15, 0.2) is 0 Å². The quantitative estimate of drug-likeness (QED) is 0.738. The minimum absolute atomic E-state index is 0.0416. The summed E-state index contributed by atoms with van der Waals surface area (Å²) in [4.78, 5) is 23.2. The number of ether oxygens (including phenoxy) is 1. The average molecular weight is 438 g/mol. The third-order valence-corrected chi connectivity index (χ3v) is 4.90. The zero-order chi connectivity index (χ0) is 23.0. The van der Waals surface area contributed by atoms with Crippen LogP contribution in [0.5, 0.6) is 5.75 Å². The summed E-state index contributed by atoms with van der Waals surface area (Å²) in [7, 11) is 0. The Hall–Kier alpha value is -3.31. The zero-order valence-corrected chi connectivity index (χ0v) is 16.4. The first-order chi connectivity index (χ1) is 14.7. The van der Waals surface area contributed by atoms with E-state index in [9.17, 15) is 18.0 Å². The maximum absolute atomic E-state index is 12.5. The van der Waals surface area contributed by atoms with E-state index < -0.39 is 12.1 Å². The van der Waals surface area contributed by atoms with Gasteiger partial charge in [0.1, 0.15) is 18.4 Å². The first kappa shape index (κ1) is 24.0. The second-order valence-corrected chi connectivity index (χ2v) is 7.06. The summed E-state index contributed by atoms with van der Waals surface area (Å²) in [6, 6.07) is 10.9. The summed E-state index contributed by atoms with van der Waals surface area (Å²) in [5.74, 6) is -2.00. The molecule has 8 nitrogen and oxygen atoms in total. The van der Waals surface area contributed by atoms with Crippen molar-refractivity contribution in [1.82, 2.24) is 10.2 Å². The minimum Gasteiger partial charge on any atom is -0.492 e. The van der Waals surface area contributed by atoms with E-state index in [1.54, 1.807) is 29.2 Å². The Morgan fingerprint density at radius 1 is 1.19 bits per heavy atom. The molecule has 3 rings (SSSR count). The number of carbonyl (C=O) groups excluding carboxylic acids is 1. The van der Waals surface area contributed by atoms with E-state index >= 15 is 0 Å². The topological polar surface area (TPSA) is 126 Å². The maximum Gasteiger partial charge on any atom is 0.490 e. The minimum atomic E-state index is -5.08. The van der Waals surface area contributed by atoms with Gasteiger partial charge >= 0.3 is 12.1 Å². The molecule has 2 heterocycles. The molecule has 11 heteroatoms. The lowest BCUT2D eigenvalue weighted by molar-refractivity contribution is -0.192. The molecule has 2 aliphatic heterocycles. The lowest BCUT2D eigenvalue weighted by Crippen LogP contribution is -2.47. The van der Waals surface area contributed by atoms with Crippen molar-refractivity contribution in [2.75, 3.05) is 13.2 Å². The first-order valence-electron chi connectivity index (χ1n) is 9.55. The van der Waals surface area contributed by atoms with Crippen LogP contribution in [-0.2, 0) is 9.59 Å². The molecule has 0 unspecified atom stereocenters. The van der Waals surface area contributed by atoms with Crippen LogP contribution in [0.1, 0.15) is 31.2 Å². The Morgan fingerprint density at radius 2 is 1.84 bits per heavy atom. The highest BCUT2D eigenvalue weighted by Crippen LogP contribution is 2.22. The number of aliphatic carboxylic acids is 1. The van der Waals surface area contributed by atoms with Crippen molar-refractivity contribution in [3.05, 3.63) is 29.8 Å². The second-order valence-electron chi connectivity index (χ2n) is 7.06. The maximum atomic E-state index is 12.5. The van der Waals surface area contributed by atoms with Gasteiger partial charge in [-0.3, -0.25) is 10.1 Å². The highest BCUT2D eigenvalue weighted by Gasteiger charge is 2.38. The highest BCUT2D eigenvalue weighted by molar-refractivity contribution is 5.83. The molecule has 1 amide bonds. The number of hydrogen-bond acceptors (Lipinski definition) is 6. The molecule has 0 aliphatic carbocycles. The van der Waals surface area contributed by atoms with Crippen molar-refractivity contribution < 1.29 is 32.6 Å². The molecule has 0 spiro atoms. The lowest BCUT2D eigenvalue weighted by atomic mass is 10.1. The normalized spacial score (nSPS) is 22.6. The first-order valence-corrected chi connectivity index (χ1v) is 9.55. The van der Waals surface area contributed by atoms with E-state index in [1.807, 2.05) is 0 Å². The average Bonchev–Trinajstić information content (AvgIpc) is 3.41. The van der Waals surface area contributed by atoms with Crippen LogP contribution in [0.4, 0.5) is 13.2 Å². The number of carbonyl (C=O) groups is 2. The van der Waals surface area contributed by atoms with Gasteiger partial charge in [-0.2, -0.15) is 23.7 Å². The molecule has 0 radical (unpaired) electrons. The summed E-state index contributed by atoms with van der Waals surface area (Å²) in [6.07, 6.45) is -1.76. The number of hydrogen-bond donors (Lipinski definition) is 2. The molecular formula is C20H21F3N4O4. The van der Waals surface area contributed by atoms with Crippen LogP contribution in [-0.4, -0.2) is 59.3 Å². The van der Waals surface area contributed by atoms with Crippen LogP contribution >= 0.6 is 0 Å². The number of nitriles is 2. The van der Waals surface area contributed by atoms with Crippen LogP contribution in [0.15, 0.2) is 24.3 Å². The number of amides is 1. The van der Waals surface area contributed by atoms with Gasteiger partial charge in [-0.25, -0.2) is 4.79 Å². The van der Waals surface area contributed by atoms with Crippen molar-refractivity contribution in [2.45, 2.75) is 50.0 Å². The predicted molar refractivity (Wildman–Crippen MR) is 101 cm³/mol. The molecule has 1 aromatic rings. The van der Waals surface area contributed by atoms with Gasteiger partial charge in [0.05, 0.1) is 23.7 Å². The molecule has 2 aliphatic rings. The number of likely N-dealkylation sites (tertiary alicyclic amines) is 1. The third kappa shape index (κ3) is 6.86. The molecule has 0 saturated carbocycles. The molecule has 1 aromatic carbocycles. The van der Waals surface area contributed by atoms with Gasteiger partial charge < -0.3 is 14.7 Å². The van der Waals surface area contributed by atoms with Crippen LogP contribution in [0, 0.1) is 22.7 Å². The van der Waals surface area contributed by atoms with Crippen molar-refractivity contribution in [2.24, 2.45) is 0 Å². The SMILES string of the molecule is N#Cc1ccc(OC[C@H]2CC[C@@H](C(=O)N3CCC[C@H]3C#N)N2)cc1.O=C(O)C(F)(F)F. The Balaban J connectivity index is 0.000000423. The number of rotatable bonds is 4. The number of alkyl halides is 3. The largest absolute Gasteiger partial charge is 0.492 e. The standard InChI is InChI=1S/C18H20N4O2.C2HF3O2/c19-10-13-3-6-16(7-4-13)24-12-14-5-8-17(21-14)18(23)22-9-1-2-15(22)11-20;3-2(4,5)1(6)7/h3-4,6-7,14-15,17,21H,1-2,5,8-9,12H2;(H,6,7)/t14-,15+,17+;/m1./s1. The molecular weight excluding hydrogens is 417 g/mol. The molecule has 2 fully saturated rings. The van der Waals surface area contributed by atoms with Crippen molar-refractivity contribution in [3.63, 3.8) is 0 Å². The number of nitrogens with one attached hydrogen (secondary N) is 1. The van der Waals surface area contributed by atoms with E-state index in [0.29, 0.717) is 18.7 Å². The van der Waals surface area contributed by atoms with Crippen LogP contribution in [0.25, 0.3) is 0 Å². The highest BCUT2D eigenvalue weighted by atomic mass is 19.4. The monoisotopic (exact) mass is 438 g/mol. The number of halogens is 3. The number of nitrogens with zero attached hydrogens (tertiary/aromatic N) is 3. The van der Waals surface area contributed by atoms with E-state index in [-0.39, 0.29) is 24.0 Å². The Bertz CT molecular complexity index is 861. The van der Waals surface area contributed by atoms with Gasteiger partial charge in [0.2, 0.25) is 5.91 Å². The molecule has 166 valence electrons. The van der Waals surface area contributed by atoms with E-state index in [0.717, 1.165) is 31.4 Å². The fourth-order valence-electron chi connectivity index (χ4n) is 3.33. The van der Waals surface area contributed by atoms with Gasteiger partial charge in [-0.05, 0) is 49.9 Å². The second kappa shape index (κ2) is 10.6. The molecule has 2 saturated heterocycles. The summed E-state index contributed by atoms with van der Waals surface area (Å²) >= 11 is 0. The van der Waals surface area contributed by atoms with E-state index in [2.05, 4.69) is 17.5 Å². The van der Waals surface area contributed by atoms with Crippen molar-refractivity contribution >= 4 is 11.9 Å². The lowest BCUT2D eigenvalue weighted by Gasteiger charge is -2.23. The predicted octanol–water partition coefficient (Wildman–Crippen LogP) is 2.21. The van der Waals surface area contributed by atoms with Crippen molar-refractivity contribution in [3.8, 4) is 17.9 Å². The summed E-state index contributed by atoms with van der Waals surface area (Å²) in [5, 5.41) is 28.4. The van der Waals surface area contributed by atoms with Gasteiger partial charge in [-0.15, -0.1) is 0 Å². The molecule has 31 heavy (non-hydrogen) atoms. The van der Waals surface area contributed by atoms with E-state index in [4.69, 9.17) is 25.2 Å². The summed E-state index contributed by atoms with van der Waals surface area (Å²) in [5.41, 5.74) is 0.602. The number of carboxylic acids is 1. The van der Waals surface area contributed by atoms with Crippen LogP contribution < -0.4 is 10.1 Å². The van der Waals surface area contributed by atoms with Crippen molar-refractivity contribution in [1.29, 1.82) is 10.5 Å². The summed E-state index contributed by atoms with van der Waals surface area (Å²) in [6.45, 7) is 1.17. The van der Waals surface area contributed by atoms with Crippen LogP contribution in [0.2, 0.25) is 0 Å². The smallest absolute Gasteiger partial charge is 0.490 e. The fourth-order valence-corrected chi connectivity index (χ4v) is 3.33. The van der Waals surface area contributed by atoms with Gasteiger partial charge in [0.25, 0.3) is 0 Å². The fraction of sp³-hybridized carbons (Fsp3) is 0.500. The molecule has 0 aromatic heterocycles. The Morgan fingerprint density at radius 3 is 2.39 bits per heavy atom. The van der Waals surface area contributed by atoms with Gasteiger partial charge in [-0.1, -0.05) is 0 Å². The number of carboxylic acid groups (broad SMARTS) is 1. The number of benzene rings is 1. The Kier molecular flexibility index (Phi) is 8.22. The molecule has 0 bridgehead atoms. The Labute approximate surface area is 176 Å². The molecule has 3 atom stereocenters.